The number of fused-ring (bicyclic) bond motifs is 1. The van der Waals surface area contributed by atoms with E-state index in [4.69, 9.17) is 9.47 Å². The Hall–Kier alpha value is -3.27. The molecule has 0 radical (unpaired) electrons. The van der Waals surface area contributed by atoms with E-state index in [2.05, 4.69) is 46.2 Å². The monoisotopic (exact) mass is 496 g/mol. The van der Waals surface area contributed by atoms with Crippen LogP contribution in [-0.4, -0.2) is 62.4 Å². The highest BCUT2D eigenvalue weighted by atomic mass is 16.5. The first-order chi connectivity index (χ1) is 17.3. The summed E-state index contributed by atoms with van der Waals surface area (Å²) in [4.78, 5) is 31.0. The molecule has 1 aliphatic rings. The van der Waals surface area contributed by atoms with Crippen molar-refractivity contribution in [2.45, 2.75) is 65.5 Å². The van der Waals surface area contributed by atoms with Crippen LogP contribution in [0.15, 0.2) is 29.1 Å². The summed E-state index contributed by atoms with van der Waals surface area (Å²) in [7, 11) is 0. The van der Waals surface area contributed by atoms with E-state index in [0.29, 0.717) is 50.5 Å². The lowest BCUT2D eigenvalue weighted by atomic mass is 9.93. The van der Waals surface area contributed by atoms with Gasteiger partial charge in [-0.2, -0.15) is 0 Å². The molecule has 1 aliphatic heterocycles. The van der Waals surface area contributed by atoms with Crippen molar-refractivity contribution in [2.75, 3.05) is 26.3 Å². The summed E-state index contributed by atoms with van der Waals surface area (Å²) < 4.78 is 12.8. The molecule has 1 N–H and O–H groups in total. The molecule has 36 heavy (non-hydrogen) atoms. The van der Waals surface area contributed by atoms with Gasteiger partial charge >= 0.3 is 5.97 Å². The number of esters is 1. The number of nitrogens with zero attached hydrogens (tertiary/aromatic N) is 5. The van der Waals surface area contributed by atoms with E-state index >= 15 is 0 Å². The summed E-state index contributed by atoms with van der Waals surface area (Å²) in [6, 6.07) is 7.08. The first-order valence-electron chi connectivity index (χ1n) is 12.8. The summed E-state index contributed by atoms with van der Waals surface area (Å²) in [6.45, 7) is 12.2. The number of aromatic amines is 1. The zero-order chi connectivity index (χ0) is 25.9. The van der Waals surface area contributed by atoms with Crippen molar-refractivity contribution in [1.29, 1.82) is 0 Å². The van der Waals surface area contributed by atoms with Gasteiger partial charge in [0.1, 0.15) is 11.8 Å². The maximum atomic E-state index is 13.4. The second kappa shape index (κ2) is 10.8. The van der Waals surface area contributed by atoms with Gasteiger partial charge in [-0.15, -0.1) is 5.10 Å². The lowest BCUT2D eigenvalue weighted by molar-refractivity contribution is -0.149. The number of carbonyl (C=O) groups is 1. The van der Waals surface area contributed by atoms with E-state index in [1.807, 2.05) is 42.8 Å². The van der Waals surface area contributed by atoms with E-state index in [0.717, 1.165) is 23.1 Å². The number of H-pyrrole nitrogens is 1. The molecule has 0 unspecified atom stereocenters. The molecule has 0 bridgehead atoms. The van der Waals surface area contributed by atoms with Crippen LogP contribution in [-0.2, 0) is 15.1 Å². The van der Waals surface area contributed by atoms with Crippen molar-refractivity contribution in [3.8, 4) is 5.75 Å². The summed E-state index contributed by atoms with van der Waals surface area (Å²) in [5.41, 5.74) is 0.772. The Bertz CT molecular complexity index is 1260. The molecule has 0 aliphatic carbocycles. The fourth-order valence-corrected chi connectivity index (χ4v) is 4.76. The number of hydrogen-bond acceptors (Lipinski definition) is 8. The van der Waals surface area contributed by atoms with Crippen molar-refractivity contribution in [3.05, 3.63) is 46.0 Å². The fraction of sp³-hybridized carbons (Fsp3) is 0.577. The summed E-state index contributed by atoms with van der Waals surface area (Å²) in [5, 5.41) is 13.6. The van der Waals surface area contributed by atoms with Gasteiger partial charge in [-0.25, -0.2) is 4.68 Å². The highest BCUT2D eigenvalue weighted by Gasteiger charge is 2.37. The zero-order valence-electron chi connectivity index (χ0n) is 21.8. The highest BCUT2D eigenvalue weighted by Crippen LogP contribution is 2.34. The van der Waals surface area contributed by atoms with Crippen molar-refractivity contribution >= 4 is 16.9 Å². The molecule has 0 saturated carbocycles. The Labute approximate surface area is 211 Å². The Morgan fingerprint density at radius 2 is 1.92 bits per heavy atom. The van der Waals surface area contributed by atoms with Crippen molar-refractivity contribution < 1.29 is 14.3 Å². The maximum Gasteiger partial charge on any atom is 0.309 e. The van der Waals surface area contributed by atoms with Crippen molar-refractivity contribution in [2.24, 2.45) is 5.92 Å². The van der Waals surface area contributed by atoms with Gasteiger partial charge in [-0.05, 0) is 81.6 Å². The van der Waals surface area contributed by atoms with Gasteiger partial charge in [-0.3, -0.25) is 14.5 Å². The number of nitrogens with one attached hydrogen (secondary N) is 1. The van der Waals surface area contributed by atoms with Gasteiger partial charge in [-0.1, -0.05) is 6.92 Å². The molecule has 1 saturated heterocycles. The van der Waals surface area contributed by atoms with Crippen LogP contribution in [0.5, 0.6) is 5.75 Å². The highest BCUT2D eigenvalue weighted by molar-refractivity contribution is 5.80. The van der Waals surface area contributed by atoms with Crippen LogP contribution in [0.3, 0.4) is 0 Å². The molecule has 1 aromatic carbocycles. The van der Waals surface area contributed by atoms with Crippen LogP contribution in [0.4, 0.5) is 0 Å². The fourth-order valence-electron chi connectivity index (χ4n) is 4.76. The number of rotatable bonds is 9. The van der Waals surface area contributed by atoms with E-state index in [9.17, 15) is 9.59 Å². The normalized spacial score (nSPS) is 16.2. The summed E-state index contributed by atoms with van der Waals surface area (Å²) >= 11 is 0. The average Bonchev–Trinajstić information content (AvgIpc) is 3.36. The minimum atomic E-state index is -0.474. The van der Waals surface area contributed by atoms with Crippen LogP contribution in [0, 0.1) is 5.92 Å². The first kappa shape index (κ1) is 25.8. The van der Waals surface area contributed by atoms with Gasteiger partial charge in [0.25, 0.3) is 5.56 Å². The van der Waals surface area contributed by atoms with Gasteiger partial charge in [0, 0.05) is 29.6 Å². The predicted octanol–water partition coefficient (Wildman–Crippen LogP) is 3.42. The molecule has 10 heteroatoms. The Kier molecular flexibility index (Phi) is 7.73. The van der Waals surface area contributed by atoms with Crippen LogP contribution in [0.2, 0.25) is 0 Å². The Balaban J connectivity index is 1.79. The number of carbonyl (C=O) groups excluding carboxylic acids is 1. The van der Waals surface area contributed by atoms with Gasteiger partial charge < -0.3 is 14.5 Å². The third-order valence-corrected chi connectivity index (χ3v) is 7.14. The molecular weight excluding hydrogens is 460 g/mol. The second-order valence-electron chi connectivity index (χ2n) is 9.82. The number of benzene rings is 1. The number of pyridine rings is 1. The summed E-state index contributed by atoms with van der Waals surface area (Å²) in [6.07, 6.45) is 2.11. The number of hydrogen-bond donors (Lipinski definition) is 1. The lowest BCUT2D eigenvalue weighted by Gasteiger charge is -2.37. The van der Waals surface area contributed by atoms with Gasteiger partial charge in [0.05, 0.1) is 24.7 Å². The summed E-state index contributed by atoms with van der Waals surface area (Å²) in [5.74, 6) is 1.06. The average molecular weight is 497 g/mol. The first-order valence-corrected chi connectivity index (χ1v) is 12.8. The van der Waals surface area contributed by atoms with Crippen LogP contribution in [0.25, 0.3) is 10.9 Å². The molecule has 2 aromatic heterocycles. The Morgan fingerprint density at radius 3 is 2.58 bits per heavy atom. The number of ether oxygens (including phenoxy) is 2. The number of piperidine rings is 1. The van der Waals surface area contributed by atoms with E-state index in [1.54, 1.807) is 0 Å². The van der Waals surface area contributed by atoms with Crippen LogP contribution >= 0.6 is 0 Å². The number of aromatic nitrogens is 5. The van der Waals surface area contributed by atoms with Crippen molar-refractivity contribution in [1.82, 2.24) is 30.1 Å². The molecule has 0 amide bonds. The minimum absolute atomic E-state index is 0.145. The second-order valence-corrected chi connectivity index (χ2v) is 9.82. The molecule has 10 nitrogen and oxygen atoms in total. The van der Waals surface area contributed by atoms with Gasteiger partial charge in [0.15, 0.2) is 5.82 Å². The molecule has 4 rings (SSSR count). The Morgan fingerprint density at radius 1 is 1.17 bits per heavy atom. The van der Waals surface area contributed by atoms with Crippen LogP contribution in [0.1, 0.15) is 71.3 Å². The molecular formula is C26H36N6O4. The topological polar surface area (TPSA) is 115 Å². The third-order valence-electron chi connectivity index (χ3n) is 7.14. The maximum absolute atomic E-state index is 13.4. The molecule has 3 heterocycles. The quantitative estimate of drug-likeness (QED) is 0.448. The SMILES string of the molecule is CCOC(=O)C1CCN([C@@H](c2cc3cc(OCC)ccc3[nH]c2=O)c2nnnn2C(C)(C)CC)CC1. The molecule has 0 spiro atoms. The van der Waals surface area contributed by atoms with E-state index in [-0.39, 0.29) is 23.0 Å². The van der Waals surface area contributed by atoms with E-state index < -0.39 is 6.04 Å². The predicted molar refractivity (Wildman–Crippen MR) is 136 cm³/mol. The minimum Gasteiger partial charge on any atom is -0.494 e. The van der Waals surface area contributed by atoms with Crippen LogP contribution < -0.4 is 10.3 Å². The number of likely N-dealkylation sites (tertiary alicyclic amines) is 1. The zero-order valence-corrected chi connectivity index (χ0v) is 21.8. The lowest BCUT2D eigenvalue weighted by Crippen LogP contribution is -2.43. The largest absolute Gasteiger partial charge is 0.494 e. The van der Waals surface area contributed by atoms with Gasteiger partial charge in [0.2, 0.25) is 0 Å². The molecule has 194 valence electrons. The molecule has 1 atom stereocenters. The van der Waals surface area contributed by atoms with Crippen molar-refractivity contribution in [3.63, 3.8) is 0 Å². The standard InChI is InChI=1S/C26H36N6O4/c1-6-26(4,5)32-23(28-29-30-32)22(31-13-11-17(12-14-31)25(34)36-8-3)20-16-18-15-19(35-7-2)9-10-21(18)27-24(20)33/h9-10,15-17,22H,6-8,11-14H2,1-5H3,(H,27,33)/t22-/m0/s1. The third kappa shape index (κ3) is 5.13. The number of tetrazole rings is 1. The molecule has 1 fully saturated rings. The molecule has 3 aromatic rings. The smallest absolute Gasteiger partial charge is 0.309 e. The van der Waals surface area contributed by atoms with E-state index in [1.165, 1.54) is 0 Å².